The van der Waals surface area contributed by atoms with Crippen LogP contribution in [0.15, 0.2) is 71.6 Å². The maximum absolute atomic E-state index is 6.43. The fourth-order valence-electron chi connectivity index (χ4n) is 4.49. The van der Waals surface area contributed by atoms with E-state index in [-0.39, 0.29) is 21.7 Å². The van der Waals surface area contributed by atoms with E-state index in [4.69, 9.17) is 18.9 Å². The van der Waals surface area contributed by atoms with Gasteiger partial charge in [0.05, 0.1) is 0 Å². The SMILES string of the molecule is COC1(c2ccc(C3(OC)C=C(C(C)(C)C)OC(C(C)(C)C)=C3)cc2)C=C(C(C)(C)C)OC(C(C)(C)C)=C1. The van der Waals surface area contributed by atoms with E-state index in [0.29, 0.717) is 0 Å². The first kappa shape index (κ1) is 30.2. The highest BCUT2D eigenvalue weighted by Crippen LogP contribution is 2.47. The minimum absolute atomic E-state index is 0.168. The number of hydrogen-bond acceptors (Lipinski definition) is 4. The molecule has 0 unspecified atom stereocenters. The quantitative estimate of drug-likeness (QED) is 0.395. The van der Waals surface area contributed by atoms with E-state index in [9.17, 15) is 0 Å². The van der Waals surface area contributed by atoms with Gasteiger partial charge in [-0.15, -0.1) is 0 Å². The summed E-state index contributed by atoms with van der Waals surface area (Å²) in [6, 6.07) is 8.57. The summed E-state index contributed by atoms with van der Waals surface area (Å²) in [6.45, 7) is 26.0. The van der Waals surface area contributed by atoms with E-state index in [2.05, 4.69) is 132 Å². The van der Waals surface area contributed by atoms with E-state index >= 15 is 0 Å². The lowest BCUT2D eigenvalue weighted by Crippen LogP contribution is -2.34. The van der Waals surface area contributed by atoms with Crippen LogP contribution in [0.5, 0.6) is 0 Å². The van der Waals surface area contributed by atoms with Gasteiger partial charge in [0.1, 0.15) is 34.2 Å². The molecule has 0 aromatic heterocycles. The Hall–Kier alpha value is -2.30. The van der Waals surface area contributed by atoms with Crippen molar-refractivity contribution in [3.8, 4) is 0 Å². The van der Waals surface area contributed by atoms with E-state index < -0.39 is 11.2 Å². The molecule has 2 aliphatic rings. The van der Waals surface area contributed by atoms with Gasteiger partial charge < -0.3 is 18.9 Å². The van der Waals surface area contributed by atoms with Crippen LogP contribution in [-0.4, -0.2) is 14.2 Å². The minimum Gasteiger partial charge on any atom is -0.465 e. The average Bonchev–Trinajstić information content (AvgIpc) is 2.81. The van der Waals surface area contributed by atoms with Gasteiger partial charge in [0, 0.05) is 35.9 Å². The molecule has 3 rings (SSSR count). The fraction of sp³-hybridized carbons (Fsp3) is 0.588. The van der Waals surface area contributed by atoms with Crippen LogP contribution >= 0.6 is 0 Å². The summed E-state index contributed by atoms with van der Waals surface area (Å²) in [4.78, 5) is 0. The molecule has 0 radical (unpaired) electrons. The normalized spacial score (nSPS) is 19.9. The number of allylic oxidation sites excluding steroid dienone is 4. The summed E-state index contributed by atoms with van der Waals surface area (Å²) in [5.74, 6) is 3.63. The summed E-state index contributed by atoms with van der Waals surface area (Å²) < 4.78 is 25.4. The average molecular weight is 523 g/mol. The molecule has 2 heterocycles. The first-order valence-electron chi connectivity index (χ1n) is 13.7. The second-order valence-corrected chi connectivity index (χ2v) is 14.8. The van der Waals surface area contributed by atoms with E-state index in [1.54, 1.807) is 14.2 Å². The van der Waals surface area contributed by atoms with Crippen molar-refractivity contribution in [2.75, 3.05) is 14.2 Å². The largest absolute Gasteiger partial charge is 0.465 e. The van der Waals surface area contributed by atoms with Crippen LogP contribution in [0.2, 0.25) is 0 Å². The highest BCUT2D eigenvalue weighted by molar-refractivity contribution is 5.45. The highest BCUT2D eigenvalue weighted by atomic mass is 16.5. The molecule has 2 aliphatic heterocycles. The van der Waals surface area contributed by atoms with Gasteiger partial charge in [-0.1, -0.05) is 107 Å². The van der Waals surface area contributed by atoms with E-state index in [1.807, 2.05) is 0 Å². The van der Waals surface area contributed by atoms with Crippen molar-refractivity contribution in [3.63, 3.8) is 0 Å². The topological polar surface area (TPSA) is 36.9 Å². The Balaban J connectivity index is 2.19. The molecule has 0 atom stereocenters. The molecule has 0 fully saturated rings. The Morgan fingerprint density at radius 3 is 0.816 bits per heavy atom. The van der Waals surface area contributed by atoms with Crippen molar-refractivity contribution in [3.05, 3.63) is 82.7 Å². The standard InChI is InChI=1S/C34H50O4/c1-29(2,3)25-19-33(35-13,20-26(37-25)30(4,5)6)23-15-17-24(18-16-23)34(36-14)21-27(31(7,8)9)38-28(22-34)32(10,11)12/h15-22H,1-14H3. The highest BCUT2D eigenvalue weighted by Gasteiger charge is 2.42. The summed E-state index contributed by atoms with van der Waals surface area (Å²) in [5.41, 5.74) is -0.0773. The maximum atomic E-state index is 6.43. The molecule has 38 heavy (non-hydrogen) atoms. The van der Waals surface area contributed by atoms with Crippen LogP contribution in [0.1, 0.15) is 94.2 Å². The zero-order valence-corrected chi connectivity index (χ0v) is 26.3. The van der Waals surface area contributed by atoms with Gasteiger partial charge in [-0.3, -0.25) is 0 Å². The smallest absolute Gasteiger partial charge is 0.136 e. The molecule has 0 aliphatic carbocycles. The Labute approximate surface area is 231 Å². The van der Waals surface area contributed by atoms with E-state index in [0.717, 1.165) is 34.2 Å². The molecular formula is C34H50O4. The zero-order chi connectivity index (χ0) is 28.9. The number of hydrogen-bond donors (Lipinski definition) is 0. The Kier molecular flexibility index (Phi) is 7.73. The summed E-state index contributed by atoms with van der Waals surface area (Å²) in [7, 11) is 3.53. The van der Waals surface area contributed by atoms with E-state index in [1.165, 1.54) is 0 Å². The lowest BCUT2D eigenvalue weighted by atomic mass is 9.79. The third kappa shape index (κ3) is 5.97. The first-order chi connectivity index (χ1) is 17.2. The third-order valence-electron chi connectivity index (χ3n) is 7.24. The van der Waals surface area contributed by atoms with Crippen molar-refractivity contribution in [1.29, 1.82) is 0 Å². The molecule has 1 aromatic rings. The van der Waals surface area contributed by atoms with Crippen molar-refractivity contribution in [1.82, 2.24) is 0 Å². The van der Waals surface area contributed by atoms with Crippen LogP contribution in [-0.2, 0) is 30.1 Å². The summed E-state index contributed by atoms with van der Waals surface area (Å²) in [6.07, 6.45) is 8.47. The molecule has 0 bridgehead atoms. The van der Waals surface area contributed by atoms with Gasteiger partial charge in [0.15, 0.2) is 0 Å². The predicted octanol–water partition coefficient (Wildman–Crippen LogP) is 9.15. The molecule has 4 heteroatoms. The molecule has 0 amide bonds. The Morgan fingerprint density at radius 1 is 0.447 bits per heavy atom. The van der Waals surface area contributed by atoms with Crippen molar-refractivity contribution in [2.24, 2.45) is 21.7 Å². The van der Waals surface area contributed by atoms with Crippen molar-refractivity contribution < 1.29 is 18.9 Å². The lowest BCUT2D eigenvalue weighted by Gasteiger charge is -2.40. The molecule has 1 aromatic carbocycles. The third-order valence-corrected chi connectivity index (χ3v) is 7.24. The van der Waals surface area contributed by atoms with Gasteiger partial charge >= 0.3 is 0 Å². The molecule has 0 saturated carbocycles. The van der Waals surface area contributed by atoms with Crippen molar-refractivity contribution >= 4 is 0 Å². The Bertz CT molecular complexity index is 994. The Morgan fingerprint density at radius 2 is 0.658 bits per heavy atom. The second kappa shape index (κ2) is 9.71. The lowest BCUT2D eigenvalue weighted by molar-refractivity contribution is 0.0397. The molecule has 4 nitrogen and oxygen atoms in total. The minimum atomic E-state index is -0.739. The molecule has 0 saturated heterocycles. The van der Waals surface area contributed by atoms with Crippen LogP contribution in [0.3, 0.4) is 0 Å². The monoisotopic (exact) mass is 522 g/mol. The van der Waals surface area contributed by atoms with Crippen LogP contribution < -0.4 is 0 Å². The maximum Gasteiger partial charge on any atom is 0.136 e. The number of ether oxygens (including phenoxy) is 4. The van der Waals surface area contributed by atoms with Gasteiger partial charge in [-0.25, -0.2) is 0 Å². The molecule has 0 N–H and O–H groups in total. The van der Waals surface area contributed by atoms with Gasteiger partial charge in [-0.2, -0.15) is 0 Å². The van der Waals surface area contributed by atoms with Gasteiger partial charge in [-0.05, 0) is 35.4 Å². The summed E-state index contributed by atoms with van der Waals surface area (Å²) >= 11 is 0. The van der Waals surface area contributed by atoms with Crippen LogP contribution in [0, 0.1) is 21.7 Å². The molecule has 210 valence electrons. The van der Waals surface area contributed by atoms with Crippen LogP contribution in [0.25, 0.3) is 0 Å². The van der Waals surface area contributed by atoms with Crippen molar-refractivity contribution in [2.45, 2.75) is 94.3 Å². The van der Waals surface area contributed by atoms with Crippen LogP contribution in [0.4, 0.5) is 0 Å². The predicted molar refractivity (Wildman–Crippen MR) is 156 cm³/mol. The molecule has 0 spiro atoms. The molecular weight excluding hydrogens is 472 g/mol. The second-order valence-electron chi connectivity index (χ2n) is 14.8. The number of benzene rings is 1. The first-order valence-corrected chi connectivity index (χ1v) is 13.7. The van der Waals surface area contributed by atoms with Gasteiger partial charge in [0.25, 0.3) is 0 Å². The fourth-order valence-corrected chi connectivity index (χ4v) is 4.49. The van der Waals surface area contributed by atoms with Gasteiger partial charge in [0.2, 0.25) is 0 Å². The number of methoxy groups -OCH3 is 2. The zero-order valence-electron chi connectivity index (χ0n) is 26.3. The number of rotatable bonds is 4. The summed E-state index contributed by atoms with van der Waals surface area (Å²) in [5, 5.41) is 0.